The van der Waals surface area contributed by atoms with Gasteiger partial charge in [0.2, 0.25) is 21.8 Å². The van der Waals surface area contributed by atoms with E-state index in [2.05, 4.69) is 21.2 Å². The monoisotopic (exact) mass is 599 g/mol. The Kier molecular flexibility index (Phi) is 11.3. The van der Waals surface area contributed by atoms with Gasteiger partial charge in [-0.1, -0.05) is 52.7 Å². The molecule has 0 saturated carbocycles. The molecular formula is C26H35BrClN3O4S. The lowest BCUT2D eigenvalue weighted by Crippen LogP contribution is -2.49. The molecule has 36 heavy (non-hydrogen) atoms. The molecular weight excluding hydrogens is 566 g/mol. The quantitative estimate of drug-likeness (QED) is 0.359. The lowest BCUT2D eigenvalue weighted by atomic mass is 10.1. The SMILES string of the molecule is CC[C@@H](C)NC(=O)[C@@H](C)N(Cc1cccc(Br)c1)C(=O)CCCN(c1cc(Cl)ccc1C)S(C)(=O)=O. The van der Waals surface area contributed by atoms with Gasteiger partial charge in [-0.05, 0) is 69.0 Å². The topological polar surface area (TPSA) is 86.8 Å². The third-order valence-corrected chi connectivity index (χ3v) is 7.91. The second-order valence-electron chi connectivity index (χ2n) is 9.01. The van der Waals surface area contributed by atoms with Gasteiger partial charge in [-0.2, -0.15) is 0 Å². The molecule has 2 aromatic carbocycles. The number of aryl methyl sites for hydroxylation is 1. The second kappa shape index (κ2) is 13.4. The van der Waals surface area contributed by atoms with Crippen molar-refractivity contribution in [3.05, 3.63) is 63.1 Å². The molecule has 7 nitrogen and oxygen atoms in total. The van der Waals surface area contributed by atoms with E-state index in [1.54, 1.807) is 30.0 Å². The zero-order valence-corrected chi connectivity index (χ0v) is 24.6. The van der Waals surface area contributed by atoms with Gasteiger partial charge in [0, 0.05) is 35.0 Å². The van der Waals surface area contributed by atoms with Crippen molar-refractivity contribution in [2.45, 2.75) is 65.6 Å². The van der Waals surface area contributed by atoms with E-state index in [-0.39, 0.29) is 43.8 Å². The Morgan fingerprint density at radius 1 is 1.14 bits per heavy atom. The Balaban J connectivity index is 2.21. The summed E-state index contributed by atoms with van der Waals surface area (Å²) in [6.07, 6.45) is 2.28. The summed E-state index contributed by atoms with van der Waals surface area (Å²) < 4.78 is 27.2. The van der Waals surface area contributed by atoms with Crippen LogP contribution in [0.15, 0.2) is 46.9 Å². The van der Waals surface area contributed by atoms with E-state index in [1.807, 2.05) is 45.0 Å². The van der Waals surface area contributed by atoms with E-state index in [0.29, 0.717) is 10.7 Å². The van der Waals surface area contributed by atoms with Crippen LogP contribution in [0.4, 0.5) is 5.69 Å². The Morgan fingerprint density at radius 2 is 1.83 bits per heavy atom. The van der Waals surface area contributed by atoms with Crippen LogP contribution in [0.3, 0.4) is 0 Å². The van der Waals surface area contributed by atoms with Gasteiger partial charge in [0.05, 0.1) is 11.9 Å². The third-order valence-electron chi connectivity index (χ3n) is 6.00. The zero-order chi connectivity index (χ0) is 27.0. The van der Waals surface area contributed by atoms with Crippen LogP contribution in [0, 0.1) is 6.92 Å². The number of nitrogens with one attached hydrogen (secondary N) is 1. The number of hydrogen-bond acceptors (Lipinski definition) is 4. The maximum Gasteiger partial charge on any atom is 0.242 e. The fourth-order valence-corrected chi connectivity index (χ4v) is 5.34. The highest BCUT2D eigenvalue weighted by Gasteiger charge is 2.27. The van der Waals surface area contributed by atoms with E-state index < -0.39 is 16.1 Å². The molecule has 0 aliphatic heterocycles. The van der Waals surface area contributed by atoms with Crippen molar-refractivity contribution in [3.8, 4) is 0 Å². The van der Waals surface area contributed by atoms with E-state index >= 15 is 0 Å². The van der Waals surface area contributed by atoms with Gasteiger partial charge in [-0.3, -0.25) is 13.9 Å². The predicted octanol–water partition coefficient (Wildman–Crippen LogP) is 5.29. The first kappa shape index (κ1) is 30.1. The van der Waals surface area contributed by atoms with Crippen molar-refractivity contribution < 1.29 is 18.0 Å². The van der Waals surface area contributed by atoms with Crippen LogP contribution in [0.5, 0.6) is 0 Å². The largest absolute Gasteiger partial charge is 0.352 e. The number of carbonyl (C=O) groups excluding carboxylic acids is 2. The molecule has 0 spiro atoms. The van der Waals surface area contributed by atoms with Gasteiger partial charge in [0.1, 0.15) is 6.04 Å². The first-order valence-corrected chi connectivity index (χ1v) is 14.9. The van der Waals surface area contributed by atoms with Crippen LogP contribution >= 0.6 is 27.5 Å². The minimum atomic E-state index is -3.59. The summed E-state index contributed by atoms with van der Waals surface area (Å²) in [5.41, 5.74) is 2.14. The van der Waals surface area contributed by atoms with Crippen LogP contribution in [0.2, 0.25) is 5.02 Å². The van der Waals surface area contributed by atoms with Crippen molar-refractivity contribution in [2.24, 2.45) is 0 Å². The fourth-order valence-electron chi connectivity index (χ4n) is 3.71. The Hall–Kier alpha value is -2.10. The summed E-state index contributed by atoms with van der Waals surface area (Å²) in [6.45, 7) is 7.80. The average Bonchev–Trinajstić information content (AvgIpc) is 2.80. The number of anilines is 1. The van der Waals surface area contributed by atoms with Crippen molar-refractivity contribution >= 4 is 55.1 Å². The van der Waals surface area contributed by atoms with Crippen LogP contribution < -0.4 is 9.62 Å². The highest BCUT2D eigenvalue weighted by atomic mass is 79.9. The summed E-state index contributed by atoms with van der Waals surface area (Å²) in [6, 6.07) is 12.0. The van der Waals surface area contributed by atoms with Crippen LogP contribution in [0.1, 0.15) is 51.2 Å². The summed E-state index contributed by atoms with van der Waals surface area (Å²) in [4.78, 5) is 27.8. The Bertz CT molecular complexity index is 1180. The van der Waals surface area contributed by atoms with Crippen molar-refractivity contribution in [2.75, 3.05) is 17.1 Å². The van der Waals surface area contributed by atoms with Gasteiger partial charge in [0.25, 0.3) is 0 Å². The third kappa shape index (κ3) is 8.78. The Labute approximate surface area is 228 Å². The van der Waals surface area contributed by atoms with Gasteiger partial charge in [-0.15, -0.1) is 0 Å². The molecule has 0 aliphatic carbocycles. The minimum absolute atomic E-state index is 0.00738. The molecule has 0 radical (unpaired) electrons. The lowest BCUT2D eigenvalue weighted by Gasteiger charge is -2.30. The average molecular weight is 601 g/mol. The smallest absolute Gasteiger partial charge is 0.242 e. The maximum atomic E-state index is 13.4. The summed E-state index contributed by atoms with van der Waals surface area (Å²) in [5.74, 6) is -0.446. The maximum absolute atomic E-state index is 13.4. The summed E-state index contributed by atoms with van der Waals surface area (Å²) in [5, 5.41) is 3.38. The molecule has 0 heterocycles. The number of nitrogens with zero attached hydrogens (tertiary/aromatic N) is 2. The van der Waals surface area contributed by atoms with Crippen LogP contribution in [-0.4, -0.2) is 50.0 Å². The predicted molar refractivity (Wildman–Crippen MR) is 150 cm³/mol. The van der Waals surface area contributed by atoms with E-state index in [4.69, 9.17) is 11.6 Å². The first-order valence-electron chi connectivity index (χ1n) is 11.9. The van der Waals surface area contributed by atoms with Crippen LogP contribution in [-0.2, 0) is 26.2 Å². The first-order chi connectivity index (χ1) is 16.8. The molecule has 2 aromatic rings. The van der Waals surface area contributed by atoms with Gasteiger partial charge in [0.15, 0.2) is 0 Å². The molecule has 0 unspecified atom stereocenters. The highest BCUT2D eigenvalue weighted by Crippen LogP contribution is 2.27. The number of amides is 2. The number of sulfonamides is 1. The molecule has 0 saturated heterocycles. The van der Waals surface area contributed by atoms with Crippen molar-refractivity contribution in [1.29, 1.82) is 0 Å². The van der Waals surface area contributed by atoms with E-state index in [9.17, 15) is 18.0 Å². The fraction of sp³-hybridized carbons (Fsp3) is 0.462. The van der Waals surface area contributed by atoms with Gasteiger partial charge in [-0.25, -0.2) is 8.42 Å². The number of hydrogen-bond donors (Lipinski definition) is 1. The van der Waals surface area contributed by atoms with Gasteiger partial charge < -0.3 is 10.2 Å². The molecule has 2 atom stereocenters. The zero-order valence-electron chi connectivity index (χ0n) is 21.4. The van der Waals surface area contributed by atoms with E-state index in [0.717, 1.165) is 28.3 Å². The molecule has 1 N–H and O–H groups in total. The molecule has 0 bridgehead atoms. The molecule has 0 aromatic heterocycles. The summed E-state index contributed by atoms with van der Waals surface area (Å²) in [7, 11) is -3.59. The lowest BCUT2D eigenvalue weighted by molar-refractivity contribution is -0.140. The van der Waals surface area contributed by atoms with Gasteiger partial charge >= 0.3 is 0 Å². The van der Waals surface area contributed by atoms with Crippen LogP contribution in [0.25, 0.3) is 0 Å². The van der Waals surface area contributed by atoms with Crippen molar-refractivity contribution in [3.63, 3.8) is 0 Å². The normalized spacial score (nSPS) is 13.1. The minimum Gasteiger partial charge on any atom is -0.352 e. The Morgan fingerprint density at radius 3 is 2.44 bits per heavy atom. The van der Waals surface area contributed by atoms with E-state index in [1.165, 1.54) is 4.31 Å². The molecule has 198 valence electrons. The highest BCUT2D eigenvalue weighted by molar-refractivity contribution is 9.10. The number of carbonyl (C=O) groups is 2. The molecule has 2 rings (SSSR count). The second-order valence-corrected chi connectivity index (χ2v) is 12.3. The molecule has 10 heteroatoms. The number of benzene rings is 2. The molecule has 0 aliphatic rings. The molecule has 2 amide bonds. The molecule has 0 fully saturated rings. The van der Waals surface area contributed by atoms with Crippen molar-refractivity contribution in [1.82, 2.24) is 10.2 Å². The summed E-state index contributed by atoms with van der Waals surface area (Å²) >= 11 is 9.56. The number of halogens is 2. The standard InChI is InChI=1S/C26H35BrClN3O4S/c1-6-19(3)29-26(33)20(4)30(17-21-9-7-10-22(27)15-21)25(32)11-8-14-31(36(5,34)35)24-16-23(28)13-12-18(24)2/h7,9-10,12-13,15-16,19-20H,6,8,11,14,17H2,1-5H3,(H,29,33)/t19-,20-/m1/s1. The number of rotatable bonds is 12.